The number of benzene rings is 1. The lowest BCUT2D eigenvalue weighted by atomic mass is 9.82. The highest BCUT2D eigenvalue weighted by atomic mass is 32.2. The van der Waals surface area contributed by atoms with Gasteiger partial charge in [-0.05, 0) is 31.5 Å². The SMILES string of the molecule is CCOC(=O)[C@@H]1[C@H](c2ccc(C(=O)OC)cc2)c2sc(=O)[nH]c2S[C@@H]1C(=O)OCC. The van der Waals surface area contributed by atoms with Crippen molar-refractivity contribution < 1.29 is 28.6 Å². The average Bonchev–Trinajstić information content (AvgIpc) is 3.12. The Morgan fingerprint density at radius 3 is 2.27 bits per heavy atom. The molecule has 1 aliphatic heterocycles. The number of carbonyl (C=O) groups excluding carboxylic acids is 3. The first kappa shape index (κ1) is 22.1. The lowest BCUT2D eigenvalue weighted by Crippen LogP contribution is -2.41. The summed E-state index contributed by atoms with van der Waals surface area (Å²) < 4.78 is 15.2. The van der Waals surface area contributed by atoms with Gasteiger partial charge in [-0.25, -0.2) is 4.79 Å². The number of H-pyrrole nitrogens is 1. The highest BCUT2D eigenvalue weighted by Gasteiger charge is 2.49. The standard InChI is InChI=1S/C20H21NO7S2/c1-4-27-18(23)13-12(10-6-8-11(9-7-10)17(22)26-3)14-16(21-20(25)30-14)29-15(13)19(24)28-5-2/h6-9,12-13,15H,4-5H2,1-3H3,(H,21,25)/t12-,13+,15-/m0/s1. The Kier molecular flexibility index (Phi) is 6.99. The van der Waals surface area contributed by atoms with Crippen LogP contribution in [0.1, 0.15) is 40.6 Å². The zero-order chi connectivity index (χ0) is 21.8. The number of methoxy groups -OCH3 is 1. The second kappa shape index (κ2) is 9.48. The van der Waals surface area contributed by atoms with E-state index in [0.29, 0.717) is 21.0 Å². The van der Waals surface area contributed by atoms with Crippen molar-refractivity contribution in [2.45, 2.75) is 30.0 Å². The molecule has 1 aliphatic rings. The smallest absolute Gasteiger partial charge is 0.337 e. The maximum absolute atomic E-state index is 12.9. The number of aromatic nitrogens is 1. The molecule has 0 saturated heterocycles. The van der Waals surface area contributed by atoms with E-state index in [0.717, 1.165) is 23.1 Å². The molecule has 0 fully saturated rings. The van der Waals surface area contributed by atoms with Crippen LogP contribution in [0.3, 0.4) is 0 Å². The minimum absolute atomic E-state index is 0.153. The minimum Gasteiger partial charge on any atom is -0.466 e. The molecule has 0 saturated carbocycles. The molecule has 0 spiro atoms. The summed E-state index contributed by atoms with van der Waals surface area (Å²) in [5.74, 6) is -3.08. The first-order valence-electron chi connectivity index (χ1n) is 9.32. The molecule has 0 radical (unpaired) electrons. The van der Waals surface area contributed by atoms with E-state index >= 15 is 0 Å². The molecule has 10 heteroatoms. The number of thioether (sulfide) groups is 1. The second-order valence-corrected chi connectivity index (χ2v) is 8.53. The van der Waals surface area contributed by atoms with Crippen molar-refractivity contribution in [1.29, 1.82) is 0 Å². The molecule has 1 aromatic carbocycles. The molecule has 160 valence electrons. The molecule has 1 N–H and O–H groups in total. The van der Waals surface area contributed by atoms with Gasteiger partial charge >= 0.3 is 22.8 Å². The fraction of sp³-hybridized carbons (Fsp3) is 0.400. The Labute approximate surface area is 180 Å². The zero-order valence-corrected chi connectivity index (χ0v) is 18.3. The molecule has 0 amide bonds. The van der Waals surface area contributed by atoms with Gasteiger partial charge in [0.05, 0.1) is 36.8 Å². The lowest BCUT2D eigenvalue weighted by molar-refractivity contribution is -0.154. The van der Waals surface area contributed by atoms with E-state index in [1.807, 2.05) is 0 Å². The van der Waals surface area contributed by atoms with E-state index < -0.39 is 35.0 Å². The molecular weight excluding hydrogens is 430 g/mol. The molecule has 3 rings (SSSR count). The van der Waals surface area contributed by atoms with Crippen molar-refractivity contribution in [1.82, 2.24) is 4.98 Å². The van der Waals surface area contributed by atoms with E-state index in [1.54, 1.807) is 38.1 Å². The maximum Gasteiger partial charge on any atom is 0.337 e. The number of thiazole rings is 1. The third-order valence-electron chi connectivity index (χ3n) is 4.62. The van der Waals surface area contributed by atoms with Crippen LogP contribution in [0.2, 0.25) is 0 Å². The molecule has 2 heterocycles. The van der Waals surface area contributed by atoms with Gasteiger partial charge in [0.25, 0.3) is 0 Å². The Morgan fingerprint density at radius 1 is 1.03 bits per heavy atom. The Bertz CT molecular complexity index is 995. The van der Waals surface area contributed by atoms with Crippen LogP contribution in [0.5, 0.6) is 0 Å². The fourth-order valence-electron chi connectivity index (χ4n) is 3.38. The second-order valence-electron chi connectivity index (χ2n) is 6.37. The zero-order valence-electron chi connectivity index (χ0n) is 16.6. The van der Waals surface area contributed by atoms with Crippen LogP contribution in [0.4, 0.5) is 0 Å². The summed E-state index contributed by atoms with van der Waals surface area (Å²) in [4.78, 5) is 52.6. The Balaban J connectivity index is 2.13. The normalized spacial score (nSPS) is 20.2. The average molecular weight is 452 g/mol. The van der Waals surface area contributed by atoms with Crippen LogP contribution >= 0.6 is 23.1 Å². The Hall–Kier alpha value is -2.59. The number of carbonyl (C=O) groups is 3. The van der Waals surface area contributed by atoms with Gasteiger partial charge in [-0.15, -0.1) is 0 Å². The van der Waals surface area contributed by atoms with Crippen LogP contribution in [0.15, 0.2) is 34.1 Å². The van der Waals surface area contributed by atoms with Crippen LogP contribution in [0, 0.1) is 5.92 Å². The summed E-state index contributed by atoms with van der Waals surface area (Å²) in [5.41, 5.74) is 1.02. The number of ether oxygens (including phenoxy) is 3. The fourth-order valence-corrected chi connectivity index (χ4v) is 5.84. The van der Waals surface area contributed by atoms with E-state index in [-0.39, 0.29) is 18.1 Å². The number of fused-ring (bicyclic) bond motifs is 1. The van der Waals surface area contributed by atoms with Crippen LogP contribution < -0.4 is 4.87 Å². The monoisotopic (exact) mass is 451 g/mol. The summed E-state index contributed by atoms with van der Waals surface area (Å²) in [5, 5.41) is -0.349. The predicted molar refractivity (Wildman–Crippen MR) is 111 cm³/mol. The van der Waals surface area contributed by atoms with Gasteiger partial charge in [0, 0.05) is 10.8 Å². The summed E-state index contributed by atoms with van der Waals surface area (Å²) in [6, 6.07) is 6.55. The van der Waals surface area contributed by atoms with Crippen molar-refractivity contribution in [2.75, 3.05) is 20.3 Å². The molecule has 0 bridgehead atoms. The molecule has 30 heavy (non-hydrogen) atoms. The van der Waals surface area contributed by atoms with Gasteiger partial charge in [-0.2, -0.15) is 0 Å². The summed E-state index contributed by atoms with van der Waals surface area (Å²) in [6.07, 6.45) is 0. The molecule has 1 aromatic heterocycles. The number of rotatable bonds is 6. The topological polar surface area (TPSA) is 112 Å². The summed E-state index contributed by atoms with van der Waals surface area (Å²) in [6.45, 7) is 3.69. The van der Waals surface area contributed by atoms with E-state index in [4.69, 9.17) is 14.2 Å². The third kappa shape index (κ3) is 4.29. The molecule has 0 aliphatic carbocycles. The first-order chi connectivity index (χ1) is 14.4. The first-order valence-corrected chi connectivity index (χ1v) is 11.0. The van der Waals surface area contributed by atoms with Crippen molar-refractivity contribution in [3.05, 3.63) is 49.9 Å². The maximum atomic E-state index is 12.9. The molecular formula is C20H21NO7S2. The lowest BCUT2D eigenvalue weighted by Gasteiger charge is -2.34. The molecule has 0 unspecified atom stereocenters. The Morgan fingerprint density at radius 2 is 1.67 bits per heavy atom. The van der Waals surface area contributed by atoms with Gasteiger partial charge in [-0.3, -0.25) is 14.4 Å². The number of hydrogen-bond donors (Lipinski definition) is 1. The van der Waals surface area contributed by atoms with Crippen LogP contribution in [0.25, 0.3) is 0 Å². The number of aromatic amines is 1. The number of hydrogen-bond acceptors (Lipinski definition) is 9. The molecule has 8 nitrogen and oxygen atoms in total. The van der Waals surface area contributed by atoms with Crippen molar-refractivity contribution >= 4 is 41.0 Å². The van der Waals surface area contributed by atoms with Gasteiger partial charge in [0.2, 0.25) is 0 Å². The van der Waals surface area contributed by atoms with Crippen molar-refractivity contribution in [3.8, 4) is 0 Å². The summed E-state index contributed by atoms with van der Waals surface area (Å²) >= 11 is 2.09. The minimum atomic E-state index is -0.892. The number of esters is 3. The van der Waals surface area contributed by atoms with Gasteiger partial charge < -0.3 is 19.2 Å². The van der Waals surface area contributed by atoms with Crippen LogP contribution in [-0.2, 0) is 23.8 Å². The third-order valence-corrected chi connectivity index (χ3v) is 7.02. The van der Waals surface area contributed by atoms with E-state index in [1.165, 1.54) is 7.11 Å². The van der Waals surface area contributed by atoms with E-state index in [2.05, 4.69) is 4.98 Å². The number of nitrogens with one attached hydrogen (secondary N) is 1. The van der Waals surface area contributed by atoms with Crippen LogP contribution in [-0.4, -0.2) is 48.5 Å². The van der Waals surface area contributed by atoms with Crippen molar-refractivity contribution in [2.24, 2.45) is 5.92 Å². The molecule has 3 atom stereocenters. The van der Waals surface area contributed by atoms with Crippen molar-refractivity contribution in [3.63, 3.8) is 0 Å². The quantitative estimate of drug-likeness (QED) is 0.527. The summed E-state index contributed by atoms with van der Waals surface area (Å²) in [7, 11) is 1.29. The molecule has 2 aromatic rings. The largest absolute Gasteiger partial charge is 0.466 e. The van der Waals surface area contributed by atoms with Gasteiger partial charge in [0.1, 0.15) is 5.25 Å². The van der Waals surface area contributed by atoms with Gasteiger partial charge in [-0.1, -0.05) is 35.2 Å². The predicted octanol–water partition coefficient (Wildman–Crippen LogP) is 2.57. The highest BCUT2D eigenvalue weighted by Crippen LogP contribution is 2.49. The van der Waals surface area contributed by atoms with Gasteiger partial charge in [0.15, 0.2) is 0 Å². The highest BCUT2D eigenvalue weighted by molar-refractivity contribution is 8.00. The van der Waals surface area contributed by atoms with E-state index in [9.17, 15) is 19.2 Å².